The Morgan fingerprint density at radius 3 is 2.33 bits per heavy atom. The topological polar surface area (TPSA) is 77.9 Å². The highest BCUT2D eigenvalue weighted by atomic mass is 32.2. The fraction of sp³-hybridized carbons (Fsp3) is 0.588. The van der Waals surface area contributed by atoms with Crippen molar-refractivity contribution in [3.8, 4) is 0 Å². The van der Waals surface area contributed by atoms with Crippen LogP contribution in [-0.4, -0.2) is 60.1 Å². The lowest BCUT2D eigenvalue weighted by molar-refractivity contribution is -0.139. The maximum atomic E-state index is 11.9. The Kier molecular flexibility index (Phi) is 6.37. The van der Waals surface area contributed by atoms with E-state index in [4.69, 9.17) is 0 Å². The van der Waals surface area contributed by atoms with Crippen molar-refractivity contribution < 1.29 is 18.3 Å². The predicted octanol–water partition coefficient (Wildman–Crippen LogP) is 1.70. The number of hydrogen-bond acceptors (Lipinski definition) is 4. The van der Waals surface area contributed by atoms with Crippen molar-refractivity contribution in [2.24, 2.45) is 0 Å². The number of piperidine rings is 1. The summed E-state index contributed by atoms with van der Waals surface area (Å²) in [7, 11) is -3.16. The van der Waals surface area contributed by atoms with Crippen molar-refractivity contribution in [1.29, 1.82) is 0 Å². The minimum atomic E-state index is -3.16. The Bertz CT molecular complexity index is 650. The minimum absolute atomic E-state index is 0.0287. The van der Waals surface area contributed by atoms with Crippen molar-refractivity contribution in [3.05, 3.63) is 35.4 Å². The number of rotatable bonds is 7. The molecule has 1 heterocycles. The van der Waals surface area contributed by atoms with Gasteiger partial charge in [0.15, 0.2) is 0 Å². The van der Waals surface area contributed by atoms with Gasteiger partial charge in [0.2, 0.25) is 10.0 Å². The van der Waals surface area contributed by atoms with E-state index >= 15 is 0 Å². The number of nitrogens with zero attached hydrogens (tertiary/aromatic N) is 2. The van der Waals surface area contributed by atoms with E-state index in [1.54, 1.807) is 6.92 Å². The average Bonchev–Trinajstić information content (AvgIpc) is 2.56. The third-order valence-electron chi connectivity index (χ3n) is 4.54. The molecule has 1 aromatic rings. The zero-order chi connectivity index (χ0) is 17.7. The first-order chi connectivity index (χ1) is 11.3. The van der Waals surface area contributed by atoms with Gasteiger partial charge in [0.1, 0.15) is 0 Å². The number of carboxylic acid groups (broad SMARTS) is 1. The van der Waals surface area contributed by atoms with Crippen LogP contribution in [0, 0.1) is 6.92 Å². The average molecular weight is 354 g/mol. The summed E-state index contributed by atoms with van der Waals surface area (Å²) in [6, 6.07) is 8.16. The molecule has 7 heteroatoms. The van der Waals surface area contributed by atoms with Crippen LogP contribution in [0.5, 0.6) is 0 Å². The molecule has 1 N–H and O–H groups in total. The summed E-state index contributed by atoms with van der Waals surface area (Å²) in [6.07, 6.45) is 1.33. The first-order valence-electron chi connectivity index (χ1n) is 8.31. The van der Waals surface area contributed by atoms with E-state index in [1.807, 2.05) is 36.1 Å². The molecule has 0 unspecified atom stereocenters. The van der Waals surface area contributed by atoms with Gasteiger partial charge in [-0.3, -0.25) is 9.69 Å². The van der Waals surface area contributed by atoms with Crippen LogP contribution in [0.3, 0.4) is 0 Å². The number of aryl methyl sites for hydroxylation is 1. The van der Waals surface area contributed by atoms with Crippen LogP contribution in [0.2, 0.25) is 0 Å². The van der Waals surface area contributed by atoms with Gasteiger partial charge in [-0.1, -0.05) is 29.8 Å². The van der Waals surface area contributed by atoms with Crippen LogP contribution in [-0.2, 0) is 21.4 Å². The Morgan fingerprint density at radius 2 is 1.83 bits per heavy atom. The van der Waals surface area contributed by atoms with Gasteiger partial charge in [0.25, 0.3) is 0 Å². The fourth-order valence-corrected chi connectivity index (χ4v) is 4.22. The number of carboxylic acids is 1. The van der Waals surface area contributed by atoms with Crippen LogP contribution < -0.4 is 0 Å². The third kappa shape index (κ3) is 5.03. The quantitative estimate of drug-likeness (QED) is 0.806. The highest BCUT2D eigenvalue weighted by molar-refractivity contribution is 7.89. The van der Waals surface area contributed by atoms with Crippen LogP contribution >= 0.6 is 0 Å². The summed E-state index contributed by atoms with van der Waals surface area (Å²) in [5.41, 5.74) is 2.24. The van der Waals surface area contributed by atoms with Gasteiger partial charge in [-0.05, 0) is 32.3 Å². The zero-order valence-electron chi connectivity index (χ0n) is 14.3. The van der Waals surface area contributed by atoms with E-state index in [2.05, 4.69) is 0 Å². The second-order valence-corrected chi connectivity index (χ2v) is 8.57. The molecule has 1 saturated heterocycles. The third-order valence-corrected chi connectivity index (χ3v) is 6.42. The van der Waals surface area contributed by atoms with Crippen LogP contribution in [0.4, 0.5) is 0 Å². The smallest absolute Gasteiger partial charge is 0.317 e. The van der Waals surface area contributed by atoms with E-state index in [-0.39, 0.29) is 18.3 Å². The molecule has 0 atom stereocenters. The summed E-state index contributed by atoms with van der Waals surface area (Å²) in [4.78, 5) is 13.2. The number of hydrogen-bond donors (Lipinski definition) is 1. The van der Waals surface area contributed by atoms with Gasteiger partial charge >= 0.3 is 5.97 Å². The molecule has 134 valence electrons. The van der Waals surface area contributed by atoms with E-state index in [0.29, 0.717) is 32.5 Å². The first kappa shape index (κ1) is 18.9. The zero-order valence-corrected chi connectivity index (χ0v) is 15.1. The molecule has 1 aromatic carbocycles. The lowest BCUT2D eigenvalue weighted by atomic mass is 10.0. The predicted molar refractivity (Wildman–Crippen MR) is 93.3 cm³/mol. The Morgan fingerprint density at radius 1 is 1.25 bits per heavy atom. The molecule has 2 rings (SSSR count). The largest absolute Gasteiger partial charge is 0.480 e. The molecule has 1 aliphatic rings. The maximum Gasteiger partial charge on any atom is 0.317 e. The fourth-order valence-electron chi connectivity index (χ4n) is 3.08. The number of aliphatic carboxylic acids is 1. The minimum Gasteiger partial charge on any atom is -0.480 e. The Labute approximate surface area is 144 Å². The summed E-state index contributed by atoms with van der Waals surface area (Å²) < 4.78 is 25.4. The van der Waals surface area contributed by atoms with Gasteiger partial charge in [-0.25, -0.2) is 12.7 Å². The van der Waals surface area contributed by atoms with Crippen molar-refractivity contribution in [2.45, 2.75) is 39.3 Å². The molecule has 0 amide bonds. The van der Waals surface area contributed by atoms with Gasteiger partial charge in [-0.15, -0.1) is 0 Å². The summed E-state index contributed by atoms with van der Waals surface area (Å²) >= 11 is 0. The maximum absolute atomic E-state index is 11.9. The molecule has 0 bridgehead atoms. The van der Waals surface area contributed by atoms with E-state index < -0.39 is 16.0 Å². The molecular formula is C17H26N2O4S. The molecule has 24 heavy (non-hydrogen) atoms. The summed E-state index contributed by atoms with van der Waals surface area (Å²) in [5.74, 6) is -0.745. The molecule has 1 aliphatic heterocycles. The normalized spacial score (nSPS) is 17.3. The van der Waals surface area contributed by atoms with Crippen molar-refractivity contribution in [1.82, 2.24) is 9.21 Å². The molecule has 0 spiro atoms. The molecule has 0 radical (unpaired) electrons. The first-order valence-corrected chi connectivity index (χ1v) is 9.92. The van der Waals surface area contributed by atoms with Gasteiger partial charge < -0.3 is 5.11 Å². The Hall–Kier alpha value is -1.44. The van der Waals surface area contributed by atoms with E-state index in [0.717, 1.165) is 5.56 Å². The standard InChI is InChI=1S/C17H26N2O4S/c1-3-24(22,23)19-10-8-16(9-11-19)18(13-17(20)21)12-15-6-4-14(2)5-7-15/h4-7,16H,3,8-13H2,1-2H3,(H,20,21). The van der Waals surface area contributed by atoms with Crippen molar-refractivity contribution in [2.75, 3.05) is 25.4 Å². The molecule has 0 aliphatic carbocycles. The van der Waals surface area contributed by atoms with Gasteiger partial charge in [-0.2, -0.15) is 0 Å². The van der Waals surface area contributed by atoms with Gasteiger partial charge in [0, 0.05) is 25.7 Å². The van der Waals surface area contributed by atoms with Crippen molar-refractivity contribution >= 4 is 16.0 Å². The second-order valence-electron chi connectivity index (χ2n) is 6.32. The Balaban J connectivity index is 2.04. The number of benzene rings is 1. The summed E-state index contributed by atoms with van der Waals surface area (Å²) in [5, 5.41) is 9.21. The molecule has 1 fully saturated rings. The number of carbonyl (C=O) groups is 1. The molecule has 0 aromatic heterocycles. The number of sulfonamides is 1. The van der Waals surface area contributed by atoms with Crippen LogP contribution in [0.1, 0.15) is 30.9 Å². The monoisotopic (exact) mass is 354 g/mol. The van der Waals surface area contributed by atoms with Gasteiger partial charge in [0.05, 0.1) is 12.3 Å². The lowest BCUT2D eigenvalue weighted by Crippen LogP contribution is -2.48. The summed E-state index contributed by atoms with van der Waals surface area (Å²) in [6.45, 7) is 5.13. The van der Waals surface area contributed by atoms with E-state index in [1.165, 1.54) is 9.87 Å². The highest BCUT2D eigenvalue weighted by Gasteiger charge is 2.30. The molecular weight excluding hydrogens is 328 g/mol. The lowest BCUT2D eigenvalue weighted by Gasteiger charge is -2.37. The van der Waals surface area contributed by atoms with Crippen LogP contribution in [0.25, 0.3) is 0 Å². The SMILES string of the molecule is CCS(=O)(=O)N1CCC(N(CC(=O)O)Cc2ccc(C)cc2)CC1. The molecule has 6 nitrogen and oxygen atoms in total. The van der Waals surface area contributed by atoms with Crippen molar-refractivity contribution in [3.63, 3.8) is 0 Å². The second kappa shape index (κ2) is 8.09. The highest BCUT2D eigenvalue weighted by Crippen LogP contribution is 2.21. The molecule has 0 saturated carbocycles. The van der Waals surface area contributed by atoms with E-state index in [9.17, 15) is 18.3 Å². The van der Waals surface area contributed by atoms with Crippen LogP contribution in [0.15, 0.2) is 24.3 Å².